The highest BCUT2D eigenvalue weighted by Gasteiger charge is 2.16. The maximum Gasteiger partial charge on any atom is 0.334 e. The van der Waals surface area contributed by atoms with Crippen molar-refractivity contribution < 1.29 is 19.4 Å². The van der Waals surface area contributed by atoms with Crippen LogP contribution in [0.3, 0.4) is 0 Å². The SMILES string of the molecule is CCCCCCCCNC(=O)NCC(OC)C(=O)O. The van der Waals surface area contributed by atoms with Gasteiger partial charge in [0.2, 0.25) is 0 Å². The van der Waals surface area contributed by atoms with Crippen LogP contribution in [-0.2, 0) is 9.53 Å². The number of carboxylic acid groups (broad SMARTS) is 1. The van der Waals surface area contributed by atoms with Crippen LogP contribution < -0.4 is 10.6 Å². The number of rotatable bonds is 11. The number of amides is 2. The Morgan fingerprint density at radius 3 is 2.32 bits per heavy atom. The van der Waals surface area contributed by atoms with E-state index in [2.05, 4.69) is 17.6 Å². The highest BCUT2D eigenvalue weighted by atomic mass is 16.5. The Bertz CT molecular complexity index is 259. The van der Waals surface area contributed by atoms with Crippen molar-refractivity contribution in [3.8, 4) is 0 Å². The first-order chi connectivity index (χ1) is 9.11. The van der Waals surface area contributed by atoms with Crippen LogP contribution in [0.15, 0.2) is 0 Å². The molecular weight excluding hydrogens is 248 g/mol. The lowest BCUT2D eigenvalue weighted by atomic mass is 10.1. The standard InChI is InChI=1S/C13H26N2O4/c1-3-4-5-6-7-8-9-14-13(18)15-10-11(19-2)12(16)17/h11H,3-10H2,1-2H3,(H,16,17)(H2,14,15,18). The molecule has 2 amide bonds. The van der Waals surface area contributed by atoms with Gasteiger partial charge >= 0.3 is 12.0 Å². The van der Waals surface area contributed by atoms with E-state index in [0.717, 1.165) is 12.8 Å². The molecule has 1 atom stereocenters. The number of urea groups is 1. The molecule has 0 aromatic heterocycles. The fourth-order valence-corrected chi connectivity index (χ4v) is 1.63. The minimum Gasteiger partial charge on any atom is -0.479 e. The molecule has 1 unspecified atom stereocenters. The van der Waals surface area contributed by atoms with Crippen molar-refractivity contribution in [2.75, 3.05) is 20.2 Å². The van der Waals surface area contributed by atoms with Crippen LogP contribution in [0.25, 0.3) is 0 Å². The number of hydrogen-bond donors (Lipinski definition) is 3. The zero-order chi connectivity index (χ0) is 14.5. The lowest BCUT2D eigenvalue weighted by molar-refractivity contribution is -0.147. The van der Waals surface area contributed by atoms with Gasteiger partial charge in [-0.1, -0.05) is 39.0 Å². The second-order valence-corrected chi connectivity index (χ2v) is 4.47. The average Bonchev–Trinajstić information content (AvgIpc) is 2.38. The Balaban J connectivity index is 3.46. The van der Waals surface area contributed by atoms with Gasteiger partial charge in [0.25, 0.3) is 0 Å². The second-order valence-electron chi connectivity index (χ2n) is 4.47. The Kier molecular flexibility index (Phi) is 11.0. The van der Waals surface area contributed by atoms with Crippen LogP contribution in [0.2, 0.25) is 0 Å². The van der Waals surface area contributed by atoms with Crippen molar-refractivity contribution in [2.45, 2.75) is 51.6 Å². The van der Waals surface area contributed by atoms with Gasteiger partial charge in [0, 0.05) is 13.7 Å². The van der Waals surface area contributed by atoms with Crippen molar-refractivity contribution in [2.24, 2.45) is 0 Å². The molecule has 0 aromatic carbocycles. The highest BCUT2D eigenvalue weighted by molar-refractivity contribution is 5.76. The molecule has 0 aliphatic heterocycles. The normalized spacial score (nSPS) is 11.9. The van der Waals surface area contributed by atoms with Gasteiger partial charge in [-0.15, -0.1) is 0 Å². The van der Waals surface area contributed by atoms with E-state index in [1.54, 1.807) is 0 Å². The van der Waals surface area contributed by atoms with Crippen molar-refractivity contribution in [3.05, 3.63) is 0 Å². The molecule has 0 aliphatic rings. The van der Waals surface area contributed by atoms with Gasteiger partial charge in [0.15, 0.2) is 6.10 Å². The van der Waals surface area contributed by atoms with Gasteiger partial charge in [0.1, 0.15) is 0 Å². The summed E-state index contributed by atoms with van der Waals surface area (Å²) < 4.78 is 4.70. The van der Waals surface area contributed by atoms with Crippen LogP contribution in [0, 0.1) is 0 Å². The van der Waals surface area contributed by atoms with E-state index < -0.39 is 12.1 Å². The molecule has 0 bridgehead atoms. The molecule has 0 heterocycles. The summed E-state index contributed by atoms with van der Waals surface area (Å²) in [6.07, 6.45) is 5.99. The molecule has 0 rings (SSSR count). The van der Waals surface area contributed by atoms with Gasteiger partial charge in [-0.3, -0.25) is 0 Å². The number of aliphatic carboxylic acids is 1. The third kappa shape index (κ3) is 10.3. The summed E-state index contributed by atoms with van der Waals surface area (Å²) in [6.45, 7) is 2.76. The largest absolute Gasteiger partial charge is 0.479 e. The molecular formula is C13H26N2O4. The quantitative estimate of drug-likeness (QED) is 0.501. The van der Waals surface area contributed by atoms with E-state index in [9.17, 15) is 9.59 Å². The molecule has 0 saturated carbocycles. The van der Waals surface area contributed by atoms with Crippen LogP contribution in [0.1, 0.15) is 45.4 Å². The Hall–Kier alpha value is -1.30. The highest BCUT2D eigenvalue weighted by Crippen LogP contribution is 2.03. The Morgan fingerprint density at radius 2 is 1.74 bits per heavy atom. The Labute approximate surface area is 114 Å². The zero-order valence-corrected chi connectivity index (χ0v) is 11.9. The van der Waals surface area contributed by atoms with E-state index in [1.807, 2.05) is 0 Å². The summed E-state index contributed by atoms with van der Waals surface area (Å²) >= 11 is 0. The Morgan fingerprint density at radius 1 is 1.11 bits per heavy atom. The smallest absolute Gasteiger partial charge is 0.334 e. The molecule has 6 nitrogen and oxygen atoms in total. The maximum atomic E-state index is 11.4. The molecule has 0 aromatic rings. The van der Waals surface area contributed by atoms with E-state index in [4.69, 9.17) is 9.84 Å². The summed E-state index contributed by atoms with van der Waals surface area (Å²) in [7, 11) is 1.30. The van der Waals surface area contributed by atoms with Gasteiger partial charge < -0.3 is 20.5 Å². The topological polar surface area (TPSA) is 87.7 Å². The van der Waals surface area contributed by atoms with E-state index in [1.165, 1.54) is 32.8 Å². The number of hydrogen-bond acceptors (Lipinski definition) is 3. The van der Waals surface area contributed by atoms with Crippen LogP contribution >= 0.6 is 0 Å². The predicted octanol–water partition coefficient (Wildman–Crippen LogP) is 1.75. The number of carbonyl (C=O) groups is 2. The minimum atomic E-state index is -1.08. The van der Waals surface area contributed by atoms with E-state index >= 15 is 0 Å². The third-order valence-corrected chi connectivity index (χ3v) is 2.82. The minimum absolute atomic E-state index is 0.0336. The van der Waals surface area contributed by atoms with Gasteiger partial charge in [-0.25, -0.2) is 9.59 Å². The molecule has 0 spiro atoms. The summed E-state index contributed by atoms with van der Waals surface area (Å²) in [5.41, 5.74) is 0. The fourth-order valence-electron chi connectivity index (χ4n) is 1.63. The van der Waals surface area contributed by atoms with Crippen molar-refractivity contribution in [3.63, 3.8) is 0 Å². The van der Waals surface area contributed by atoms with Crippen molar-refractivity contribution >= 4 is 12.0 Å². The lowest BCUT2D eigenvalue weighted by Gasteiger charge is -2.12. The fraction of sp³-hybridized carbons (Fsp3) is 0.846. The second kappa shape index (κ2) is 11.8. The van der Waals surface area contributed by atoms with Crippen LogP contribution in [-0.4, -0.2) is 43.4 Å². The molecule has 3 N–H and O–H groups in total. The maximum absolute atomic E-state index is 11.4. The first kappa shape index (κ1) is 17.7. The van der Waals surface area contributed by atoms with E-state index in [0.29, 0.717) is 6.54 Å². The van der Waals surface area contributed by atoms with Gasteiger partial charge in [-0.05, 0) is 6.42 Å². The molecule has 0 aliphatic carbocycles. The summed E-state index contributed by atoms with van der Waals surface area (Å²) in [5, 5.41) is 13.9. The molecule has 0 radical (unpaired) electrons. The molecule has 0 fully saturated rings. The zero-order valence-electron chi connectivity index (χ0n) is 11.9. The summed E-state index contributed by atoms with van der Waals surface area (Å²) in [6, 6.07) is -0.350. The summed E-state index contributed by atoms with van der Waals surface area (Å²) in [4.78, 5) is 22.0. The number of unbranched alkanes of at least 4 members (excludes halogenated alkanes) is 5. The van der Waals surface area contributed by atoms with Crippen LogP contribution in [0.4, 0.5) is 4.79 Å². The van der Waals surface area contributed by atoms with Crippen molar-refractivity contribution in [1.82, 2.24) is 10.6 Å². The first-order valence-electron chi connectivity index (χ1n) is 6.89. The monoisotopic (exact) mass is 274 g/mol. The number of nitrogens with one attached hydrogen (secondary N) is 2. The summed E-state index contributed by atoms with van der Waals surface area (Å²) in [5.74, 6) is -1.08. The number of methoxy groups -OCH3 is 1. The number of ether oxygens (including phenoxy) is 1. The number of carboxylic acids is 1. The number of carbonyl (C=O) groups excluding carboxylic acids is 1. The predicted molar refractivity (Wildman–Crippen MR) is 73.2 cm³/mol. The lowest BCUT2D eigenvalue weighted by Crippen LogP contribution is -2.43. The van der Waals surface area contributed by atoms with E-state index in [-0.39, 0.29) is 12.6 Å². The molecule has 19 heavy (non-hydrogen) atoms. The average molecular weight is 274 g/mol. The van der Waals surface area contributed by atoms with Gasteiger partial charge in [0.05, 0.1) is 6.54 Å². The third-order valence-electron chi connectivity index (χ3n) is 2.82. The first-order valence-corrected chi connectivity index (χ1v) is 6.89. The van der Waals surface area contributed by atoms with Crippen molar-refractivity contribution in [1.29, 1.82) is 0 Å². The van der Waals surface area contributed by atoms with Gasteiger partial charge in [-0.2, -0.15) is 0 Å². The molecule has 6 heteroatoms. The molecule has 112 valence electrons. The van der Waals surface area contributed by atoms with Crippen LogP contribution in [0.5, 0.6) is 0 Å². The molecule has 0 saturated heterocycles.